The van der Waals surface area contributed by atoms with Crippen molar-refractivity contribution in [3.8, 4) is 5.88 Å². The Morgan fingerprint density at radius 2 is 2.03 bits per heavy atom. The lowest BCUT2D eigenvalue weighted by Gasteiger charge is -2.41. The third-order valence-corrected chi connectivity index (χ3v) is 5.54. The van der Waals surface area contributed by atoms with Crippen molar-refractivity contribution >= 4 is 11.6 Å². The topological polar surface area (TPSA) is 71.5 Å². The fraction of sp³-hybridized carbons (Fsp3) is 0.545. The Morgan fingerprint density at radius 1 is 1.29 bits per heavy atom. The van der Waals surface area contributed by atoms with E-state index in [0.29, 0.717) is 50.0 Å². The van der Waals surface area contributed by atoms with Crippen LogP contribution in [0.2, 0.25) is 0 Å². The molecule has 2 aliphatic rings. The van der Waals surface area contributed by atoms with Crippen LogP contribution in [0.3, 0.4) is 0 Å². The third-order valence-electron chi connectivity index (χ3n) is 5.54. The highest BCUT2D eigenvalue weighted by atomic mass is 19.3. The van der Waals surface area contributed by atoms with Crippen molar-refractivity contribution in [3.05, 3.63) is 41.1 Å². The number of anilines is 1. The molecule has 0 radical (unpaired) electrons. The van der Waals surface area contributed by atoms with Gasteiger partial charge in [0.15, 0.2) is 0 Å². The first-order chi connectivity index (χ1) is 14.6. The van der Waals surface area contributed by atoms with Gasteiger partial charge in [0.2, 0.25) is 11.8 Å². The smallest absolute Gasteiger partial charge is 0.287 e. The number of hydrogen-bond donors (Lipinski definition) is 0. The number of carbonyl (C=O) groups is 1. The highest BCUT2D eigenvalue weighted by molar-refractivity contribution is 5.77. The van der Waals surface area contributed by atoms with Crippen LogP contribution >= 0.6 is 0 Å². The lowest BCUT2D eigenvalue weighted by atomic mass is 9.94. The molecule has 0 N–H and O–H groups in total. The Bertz CT molecular complexity index is 986. The Balaban J connectivity index is 1.35. The second-order valence-corrected chi connectivity index (χ2v) is 8.68. The summed E-state index contributed by atoms with van der Waals surface area (Å²) >= 11 is 0. The molecule has 2 aliphatic heterocycles. The number of aromatic nitrogens is 3. The number of pyridine rings is 1. The van der Waals surface area contributed by atoms with Crippen molar-refractivity contribution in [3.63, 3.8) is 0 Å². The molecule has 0 unspecified atom stereocenters. The minimum absolute atomic E-state index is 0.00882. The molecule has 7 nitrogen and oxygen atoms in total. The van der Waals surface area contributed by atoms with Crippen LogP contribution in [0.25, 0.3) is 0 Å². The first-order valence-electron chi connectivity index (χ1n) is 10.5. The van der Waals surface area contributed by atoms with Gasteiger partial charge in [-0.05, 0) is 32.9 Å². The number of rotatable bonds is 6. The molecule has 1 saturated heterocycles. The molecule has 31 heavy (non-hydrogen) atoms. The summed E-state index contributed by atoms with van der Waals surface area (Å²) in [6.07, 6.45) is 1.81. The zero-order chi connectivity index (χ0) is 22.3. The molecule has 166 valence electrons. The van der Waals surface area contributed by atoms with Crippen LogP contribution in [0.4, 0.5) is 14.5 Å². The maximum Gasteiger partial charge on any atom is 0.287 e. The van der Waals surface area contributed by atoms with Gasteiger partial charge in [-0.25, -0.2) is 4.98 Å². The second-order valence-electron chi connectivity index (χ2n) is 8.68. The average Bonchev–Trinajstić information content (AvgIpc) is 3.07. The number of nitrogens with zero attached hydrogens (tertiary/aromatic N) is 5. The van der Waals surface area contributed by atoms with Gasteiger partial charge in [-0.3, -0.25) is 9.78 Å². The Morgan fingerprint density at radius 3 is 2.71 bits per heavy atom. The summed E-state index contributed by atoms with van der Waals surface area (Å²) in [5.74, 6) is -1.53. The van der Waals surface area contributed by atoms with Crippen LogP contribution in [0.15, 0.2) is 18.3 Å². The van der Waals surface area contributed by atoms with E-state index in [1.807, 2.05) is 25.7 Å². The molecule has 0 spiro atoms. The van der Waals surface area contributed by atoms with E-state index in [1.165, 1.54) is 12.3 Å². The van der Waals surface area contributed by atoms with Crippen molar-refractivity contribution in [2.45, 2.75) is 59.2 Å². The standard InChI is InChI=1S/C22H27F2N5O2/c1-13(2)31-21-17-11-29(12-18(17)26-14(3)27-21)20(30)7-15-9-28(10-15)16-5-6-25-19(8-16)22(4,23)24/h5-6,8,13,15H,7,9-12H2,1-4H3. The molecule has 4 heterocycles. The first kappa shape index (κ1) is 21.4. The lowest BCUT2D eigenvalue weighted by Crippen LogP contribution is -2.48. The van der Waals surface area contributed by atoms with Crippen molar-refractivity contribution in [1.29, 1.82) is 0 Å². The quantitative estimate of drug-likeness (QED) is 0.698. The monoisotopic (exact) mass is 431 g/mol. The van der Waals surface area contributed by atoms with Gasteiger partial charge in [0.05, 0.1) is 30.5 Å². The van der Waals surface area contributed by atoms with E-state index in [9.17, 15) is 13.6 Å². The molecule has 0 bridgehead atoms. The summed E-state index contributed by atoms with van der Waals surface area (Å²) in [5.41, 5.74) is 2.20. The van der Waals surface area contributed by atoms with Gasteiger partial charge in [-0.2, -0.15) is 13.8 Å². The van der Waals surface area contributed by atoms with E-state index in [-0.39, 0.29) is 23.6 Å². The number of ether oxygens (including phenoxy) is 1. The van der Waals surface area contributed by atoms with Gasteiger partial charge in [0, 0.05) is 44.2 Å². The number of fused-ring (bicyclic) bond motifs is 1. The van der Waals surface area contributed by atoms with Gasteiger partial charge in [-0.15, -0.1) is 0 Å². The van der Waals surface area contributed by atoms with Crippen LogP contribution < -0.4 is 9.64 Å². The van der Waals surface area contributed by atoms with E-state index in [1.54, 1.807) is 11.0 Å². The Hall–Kier alpha value is -2.84. The molecule has 0 atom stereocenters. The molecule has 1 amide bonds. The summed E-state index contributed by atoms with van der Waals surface area (Å²) in [5, 5.41) is 0. The number of amides is 1. The van der Waals surface area contributed by atoms with E-state index >= 15 is 0 Å². The summed E-state index contributed by atoms with van der Waals surface area (Å²) in [6.45, 7) is 8.77. The highest BCUT2D eigenvalue weighted by Gasteiger charge is 2.35. The zero-order valence-corrected chi connectivity index (χ0v) is 18.2. The Labute approximate surface area is 180 Å². The van der Waals surface area contributed by atoms with Crippen LogP contribution in [-0.4, -0.2) is 45.0 Å². The van der Waals surface area contributed by atoms with Crippen LogP contribution in [-0.2, 0) is 23.8 Å². The van der Waals surface area contributed by atoms with Gasteiger partial charge in [-0.1, -0.05) is 0 Å². The second kappa shape index (κ2) is 8.01. The number of halogens is 2. The molecule has 2 aromatic heterocycles. The van der Waals surface area contributed by atoms with Crippen molar-refractivity contribution in [2.24, 2.45) is 5.92 Å². The first-order valence-corrected chi connectivity index (χ1v) is 10.5. The predicted octanol–water partition coefficient (Wildman–Crippen LogP) is 3.45. The average molecular weight is 431 g/mol. The van der Waals surface area contributed by atoms with Gasteiger partial charge in [0.25, 0.3) is 5.92 Å². The summed E-state index contributed by atoms with van der Waals surface area (Å²) in [6, 6.07) is 3.15. The number of carbonyl (C=O) groups excluding carboxylic acids is 1. The molecular weight excluding hydrogens is 404 g/mol. The summed E-state index contributed by atoms with van der Waals surface area (Å²) < 4.78 is 32.9. The van der Waals surface area contributed by atoms with E-state index in [4.69, 9.17) is 4.74 Å². The molecule has 0 saturated carbocycles. The number of hydrogen-bond acceptors (Lipinski definition) is 6. The highest BCUT2D eigenvalue weighted by Crippen LogP contribution is 2.33. The zero-order valence-electron chi connectivity index (χ0n) is 18.2. The fourth-order valence-electron chi connectivity index (χ4n) is 3.98. The van der Waals surface area contributed by atoms with Crippen molar-refractivity contribution in [1.82, 2.24) is 19.9 Å². The molecule has 9 heteroatoms. The molecule has 0 aliphatic carbocycles. The van der Waals surface area contributed by atoms with Crippen LogP contribution in [0, 0.1) is 12.8 Å². The molecule has 1 fully saturated rings. The van der Waals surface area contributed by atoms with Gasteiger partial charge < -0.3 is 14.5 Å². The van der Waals surface area contributed by atoms with E-state index in [0.717, 1.165) is 18.2 Å². The van der Waals surface area contributed by atoms with Crippen LogP contribution in [0.1, 0.15) is 50.0 Å². The molecular formula is C22H27F2N5O2. The van der Waals surface area contributed by atoms with Gasteiger partial charge in [0.1, 0.15) is 11.5 Å². The molecule has 2 aromatic rings. The minimum Gasteiger partial charge on any atom is -0.475 e. The largest absolute Gasteiger partial charge is 0.475 e. The van der Waals surface area contributed by atoms with E-state index in [2.05, 4.69) is 15.0 Å². The number of alkyl halides is 2. The fourth-order valence-corrected chi connectivity index (χ4v) is 3.98. The van der Waals surface area contributed by atoms with Crippen molar-refractivity contribution in [2.75, 3.05) is 18.0 Å². The van der Waals surface area contributed by atoms with E-state index < -0.39 is 5.92 Å². The van der Waals surface area contributed by atoms with Crippen molar-refractivity contribution < 1.29 is 18.3 Å². The SMILES string of the molecule is Cc1nc2c(c(OC(C)C)n1)CN(C(=O)CC1CN(c3ccnc(C(C)(F)F)c3)C1)C2. The predicted molar refractivity (Wildman–Crippen MR) is 111 cm³/mol. The third kappa shape index (κ3) is 4.60. The normalized spacial score (nSPS) is 16.5. The molecule has 0 aromatic carbocycles. The maximum atomic E-state index is 13.5. The van der Waals surface area contributed by atoms with Gasteiger partial charge >= 0.3 is 0 Å². The Kier molecular flexibility index (Phi) is 5.53. The summed E-state index contributed by atoms with van der Waals surface area (Å²) in [7, 11) is 0. The number of aryl methyl sites for hydroxylation is 1. The lowest BCUT2D eigenvalue weighted by molar-refractivity contribution is -0.133. The van der Waals surface area contributed by atoms with Crippen LogP contribution in [0.5, 0.6) is 5.88 Å². The summed E-state index contributed by atoms with van der Waals surface area (Å²) in [4.78, 5) is 29.3. The maximum absolute atomic E-state index is 13.5. The molecule has 4 rings (SSSR count). The minimum atomic E-state index is -2.97.